The van der Waals surface area contributed by atoms with Crippen molar-refractivity contribution >= 4 is 0 Å². The van der Waals surface area contributed by atoms with Gasteiger partial charge < -0.3 is 0 Å². The zero-order valence-electron chi connectivity index (χ0n) is 7.48. The van der Waals surface area contributed by atoms with Crippen molar-refractivity contribution in [3.8, 4) is 0 Å². The molecule has 0 unspecified atom stereocenters. The summed E-state index contributed by atoms with van der Waals surface area (Å²) >= 11 is 0. The van der Waals surface area contributed by atoms with Crippen LogP contribution in [0.15, 0.2) is 54.6 Å². The summed E-state index contributed by atoms with van der Waals surface area (Å²) in [5.74, 6) is 0.740. The fourth-order valence-corrected chi connectivity index (χ4v) is 2.30. The highest BCUT2D eigenvalue weighted by Gasteiger charge is 2.51. The minimum absolute atomic E-state index is 0.404. The largest absolute Gasteiger partial charge is 0.0739 e. The summed E-state index contributed by atoms with van der Waals surface area (Å²) in [6, 6.07) is 10.8. The second kappa shape index (κ2) is 2.35. The Morgan fingerprint density at radius 3 is 2.38 bits per heavy atom. The molecule has 2 aliphatic carbocycles. The van der Waals surface area contributed by atoms with E-state index in [-0.39, 0.29) is 0 Å². The summed E-state index contributed by atoms with van der Waals surface area (Å²) in [5.41, 5.74) is 1.89. The van der Waals surface area contributed by atoms with Gasteiger partial charge in [-0.2, -0.15) is 0 Å². The van der Waals surface area contributed by atoms with E-state index in [1.807, 2.05) is 0 Å². The highest BCUT2D eigenvalue weighted by molar-refractivity contribution is 5.42. The van der Waals surface area contributed by atoms with E-state index in [9.17, 15) is 0 Å². The van der Waals surface area contributed by atoms with E-state index >= 15 is 0 Å². The molecular weight excluding hydrogens is 156 g/mol. The smallest absolute Gasteiger partial charge is 0.0142 e. The molecule has 0 saturated heterocycles. The molecule has 2 aliphatic rings. The molecule has 1 aromatic carbocycles. The molecule has 1 spiro atoms. The molecule has 0 aliphatic heterocycles. The van der Waals surface area contributed by atoms with Gasteiger partial charge in [0.2, 0.25) is 0 Å². The van der Waals surface area contributed by atoms with Crippen LogP contribution < -0.4 is 0 Å². The third-order valence-electron chi connectivity index (χ3n) is 3.17. The monoisotopic (exact) mass is 168 g/mol. The van der Waals surface area contributed by atoms with E-state index in [1.54, 1.807) is 0 Å². The van der Waals surface area contributed by atoms with Crippen LogP contribution in [-0.2, 0) is 0 Å². The minimum Gasteiger partial charge on any atom is -0.0739 e. The Morgan fingerprint density at radius 1 is 1.00 bits per heavy atom. The fourth-order valence-electron chi connectivity index (χ4n) is 2.30. The lowest BCUT2D eigenvalue weighted by atomic mass is 10.0. The van der Waals surface area contributed by atoms with Crippen LogP contribution >= 0.6 is 0 Å². The summed E-state index contributed by atoms with van der Waals surface area (Å²) in [6.45, 7) is 0. The van der Waals surface area contributed by atoms with Crippen molar-refractivity contribution in [1.29, 1.82) is 0 Å². The van der Waals surface area contributed by atoms with E-state index in [4.69, 9.17) is 0 Å². The van der Waals surface area contributed by atoms with Crippen molar-refractivity contribution in [3.63, 3.8) is 0 Å². The molecule has 1 fully saturated rings. The Kier molecular flexibility index (Phi) is 1.29. The predicted molar refractivity (Wildman–Crippen MR) is 54.5 cm³/mol. The first kappa shape index (κ1) is 7.14. The van der Waals surface area contributed by atoms with Gasteiger partial charge in [0.25, 0.3) is 0 Å². The maximum absolute atomic E-state index is 2.34. The van der Waals surface area contributed by atoms with Gasteiger partial charge in [0.1, 0.15) is 0 Å². The maximum atomic E-state index is 2.34. The second-order valence-electron chi connectivity index (χ2n) is 4.00. The Labute approximate surface area is 78.6 Å². The average Bonchev–Trinajstić information content (AvgIpc) is 2.66. The zero-order chi connectivity index (χ0) is 8.73. The molecule has 0 bridgehead atoms. The van der Waals surface area contributed by atoms with Crippen LogP contribution in [0.25, 0.3) is 0 Å². The van der Waals surface area contributed by atoms with Crippen LogP contribution in [-0.4, -0.2) is 0 Å². The molecule has 13 heavy (non-hydrogen) atoms. The van der Waals surface area contributed by atoms with E-state index < -0.39 is 0 Å². The molecule has 0 heterocycles. The normalized spacial score (nSPS) is 26.9. The van der Waals surface area contributed by atoms with E-state index in [0.717, 1.165) is 5.92 Å². The van der Waals surface area contributed by atoms with Gasteiger partial charge in [-0.25, -0.2) is 0 Å². The summed E-state index contributed by atoms with van der Waals surface area (Å²) in [4.78, 5) is 0. The topological polar surface area (TPSA) is 0 Å². The lowest BCUT2D eigenvalue weighted by Crippen LogP contribution is -1.91. The molecule has 0 aromatic heterocycles. The van der Waals surface area contributed by atoms with Crippen LogP contribution in [0.5, 0.6) is 0 Å². The van der Waals surface area contributed by atoms with E-state index in [1.165, 1.54) is 12.0 Å². The van der Waals surface area contributed by atoms with Crippen molar-refractivity contribution in [2.75, 3.05) is 0 Å². The zero-order valence-corrected chi connectivity index (χ0v) is 7.48. The van der Waals surface area contributed by atoms with Crippen LogP contribution in [0.4, 0.5) is 0 Å². The molecule has 1 saturated carbocycles. The number of allylic oxidation sites excluding steroid dienone is 4. The van der Waals surface area contributed by atoms with Crippen molar-refractivity contribution in [2.24, 2.45) is 5.41 Å². The van der Waals surface area contributed by atoms with Gasteiger partial charge in [0.15, 0.2) is 0 Å². The van der Waals surface area contributed by atoms with Gasteiger partial charge in [0, 0.05) is 5.41 Å². The van der Waals surface area contributed by atoms with Crippen molar-refractivity contribution < 1.29 is 0 Å². The van der Waals surface area contributed by atoms with Crippen LogP contribution in [0.1, 0.15) is 17.9 Å². The van der Waals surface area contributed by atoms with Gasteiger partial charge in [0.05, 0.1) is 0 Å². The van der Waals surface area contributed by atoms with Gasteiger partial charge in [-0.1, -0.05) is 54.6 Å². The molecule has 1 atom stereocenters. The molecule has 1 aromatic rings. The molecule has 0 N–H and O–H groups in total. The van der Waals surface area contributed by atoms with Crippen molar-refractivity contribution in [3.05, 3.63) is 60.2 Å². The standard InChI is InChI=1S/C13H12/c1-2-6-11(7-3-1)12-10-13(12)8-4-5-9-13/h1-9,12H,10H2/t12-/m1/s1. The minimum atomic E-state index is 0.404. The quantitative estimate of drug-likeness (QED) is 0.603. The first-order valence-electron chi connectivity index (χ1n) is 4.83. The number of rotatable bonds is 1. The number of benzene rings is 1. The van der Waals surface area contributed by atoms with E-state index in [0.29, 0.717) is 5.41 Å². The fraction of sp³-hybridized carbons (Fsp3) is 0.231. The lowest BCUT2D eigenvalue weighted by molar-refractivity contribution is 0.820. The van der Waals surface area contributed by atoms with Gasteiger partial charge in [-0.15, -0.1) is 0 Å². The third kappa shape index (κ3) is 0.983. The van der Waals surface area contributed by atoms with Gasteiger partial charge >= 0.3 is 0 Å². The van der Waals surface area contributed by atoms with Crippen LogP contribution in [0.2, 0.25) is 0 Å². The third-order valence-corrected chi connectivity index (χ3v) is 3.17. The maximum Gasteiger partial charge on any atom is 0.0142 e. The lowest BCUT2D eigenvalue weighted by Gasteiger charge is -2.03. The number of hydrogen-bond donors (Lipinski definition) is 0. The van der Waals surface area contributed by atoms with Crippen molar-refractivity contribution in [2.45, 2.75) is 12.3 Å². The molecule has 0 heteroatoms. The molecule has 0 radical (unpaired) electrons. The first-order chi connectivity index (χ1) is 6.41. The van der Waals surface area contributed by atoms with Gasteiger partial charge in [-0.05, 0) is 17.9 Å². The number of hydrogen-bond acceptors (Lipinski definition) is 0. The molecule has 0 amide bonds. The van der Waals surface area contributed by atoms with E-state index in [2.05, 4.69) is 54.6 Å². The SMILES string of the molecule is C1=CC2(C=C1)C[C@@H]2c1ccccc1. The predicted octanol–water partition coefficient (Wildman–Crippen LogP) is 3.29. The highest BCUT2D eigenvalue weighted by Crippen LogP contribution is 2.62. The summed E-state index contributed by atoms with van der Waals surface area (Å²) in [5, 5.41) is 0. The highest BCUT2D eigenvalue weighted by atomic mass is 14.5. The molecule has 0 nitrogen and oxygen atoms in total. The first-order valence-corrected chi connectivity index (χ1v) is 4.83. The Morgan fingerprint density at radius 2 is 1.69 bits per heavy atom. The molecule has 3 rings (SSSR count). The summed E-state index contributed by atoms with van der Waals surface area (Å²) in [7, 11) is 0. The summed E-state index contributed by atoms with van der Waals surface area (Å²) in [6.07, 6.45) is 10.3. The average molecular weight is 168 g/mol. The Balaban J connectivity index is 1.92. The Bertz CT molecular complexity index is 358. The van der Waals surface area contributed by atoms with Gasteiger partial charge in [-0.3, -0.25) is 0 Å². The van der Waals surface area contributed by atoms with Crippen molar-refractivity contribution in [1.82, 2.24) is 0 Å². The Hall–Kier alpha value is -1.30. The van der Waals surface area contributed by atoms with Crippen LogP contribution in [0, 0.1) is 5.41 Å². The van der Waals surface area contributed by atoms with Crippen LogP contribution in [0.3, 0.4) is 0 Å². The molecular formula is C13H12. The second-order valence-corrected chi connectivity index (χ2v) is 4.00. The summed E-state index contributed by atoms with van der Waals surface area (Å²) < 4.78 is 0. The molecule has 64 valence electrons.